The number of nitrogens with zero attached hydrogens (tertiary/aromatic N) is 1. The van der Waals surface area contributed by atoms with E-state index in [9.17, 15) is 0 Å². The molecule has 0 unspecified atom stereocenters. The third-order valence-corrected chi connectivity index (χ3v) is 3.96. The Bertz CT molecular complexity index is 864. The Labute approximate surface area is 132 Å². The Morgan fingerprint density at radius 1 is 1.05 bits per heavy atom. The van der Waals surface area contributed by atoms with Crippen LogP contribution in [0.4, 0.5) is 0 Å². The van der Waals surface area contributed by atoms with Gasteiger partial charge in [0.15, 0.2) is 0 Å². The highest BCUT2D eigenvalue weighted by atomic mass is 15.0. The second kappa shape index (κ2) is 5.69. The fraction of sp³-hybridized carbons (Fsp3) is 0.143. The average molecular weight is 287 g/mol. The van der Waals surface area contributed by atoms with E-state index in [1.807, 2.05) is 6.92 Å². The van der Waals surface area contributed by atoms with Crippen molar-refractivity contribution in [1.29, 1.82) is 0 Å². The minimum absolute atomic E-state index is 1.06. The molecule has 0 aliphatic heterocycles. The summed E-state index contributed by atoms with van der Waals surface area (Å²) in [6, 6.07) is 17.2. The minimum Gasteiger partial charge on any atom is -0.310 e. The summed E-state index contributed by atoms with van der Waals surface area (Å²) >= 11 is 0. The van der Waals surface area contributed by atoms with Crippen LogP contribution in [0, 0.1) is 13.8 Å². The molecule has 0 radical (unpaired) electrons. The van der Waals surface area contributed by atoms with E-state index in [4.69, 9.17) is 0 Å². The van der Waals surface area contributed by atoms with E-state index in [1.165, 1.54) is 33.4 Å². The van der Waals surface area contributed by atoms with Crippen LogP contribution in [0.25, 0.3) is 22.7 Å². The molecule has 22 heavy (non-hydrogen) atoms. The zero-order chi connectivity index (χ0) is 15.7. The molecular formula is C21H21N. The van der Waals surface area contributed by atoms with Gasteiger partial charge in [0.05, 0.1) is 5.52 Å². The Balaban J connectivity index is 2.36. The Hall–Kier alpha value is -2.54. The van der Waals surface area contributed by atoms with Gasteiger partial charge in [0, 0.05) is 16.8 Å². The number of hydrogen-bond acceptors (Lipinski definition) is 0. The molecule has 1 nitrogen and oxygen atoms in total. The first-order chi connectivity index (χ1) is 10.6. The molecule has 0 aliphatic carbocycles. The monoisotopic (exact) mass is 287 g/mol. The molecule has 0 saturated heterocycles. The van der Waals surface area contributed by atoms with Gasteiger partial charge in [-0.25, -0.2) is 0 Å². The lowest BCUT2D eigenvalue weighted by molar-refractivity contribution is 1.10. The van der Waals surface area contributed by atoms with E-state index in [1.54, 1.807) is 0 Å². The molecule has 0 saturated carbocycles. The SMILES string of the molecule is C=C(C)/C=C\c1c(C)c2cc(C)ccc2n1-c1ccccc1. The number of fused-ring (bicyclic) bond motifs is 1. The number of allylic oxidation sites excluding steroid dienone is 2. The summed E-state index contributed by atoms with van der Waals surface area (Å²) in [4.78, 5) is 0. The molecule has 0 amide bonds. The van der Waals surface area contributed by atoms with Gasteiger partial charge in [-0.05, 0) is 56.7 Å². The largest absolute Gasteiger partial charge is 0.310 e. The standard InChI is InChI=1S/C21H21N/c1-15(2)10-12-20-17(4)19-14-16(3)11-13-21(19)22(20)18-8-6-5-7-9-18/h5-14H,1H2,2-4H3/b12-10-. The number of para-hydroxylation sites is 1. The van der Waals surface area contributed by atoms with Crippen molar-refractivity contribution >= 4 is 17.0 Å². The highest BCUT2D eigenvalue weighted by Gasteiger charge is 2.13. The topological polar surface area (TPSA) is 4.93 Å². The van der Waals surface area contributed by atoms with Gasteiger partial charge >= 0.3 is 0 Å². The van der Waals surface area contributed by atoms with Gasteiger partial charge in [-0.15, -0.1) is 0 Å². The van der Waals surface area contributed by atoms with E-state index < -0.39 is 0 Å². The summed E-state index contributed by atoms with van der Waals surface area (Å²) in [6.45, 7) is 10.3. The number of benzene rings is 2. The van der Waals surface area contributed by atoms with Crippen molar-refractivity contribution in [2.45, 2.75) is 20.8 Å². The molecule has 1 heteroatoms. The molecule has 110 valence electrons. The van der Waals surface area contributed by atoms with E-state index in [-0.39, 0.29) is 0 Å². The molecule has 1 aromatic heterocycles. The summed E-state index contributed by atoms with van der Waals surface area (Å²) in [6.07, 6.45) is 4.24. The van der Waals surface area contributed by atoms with Crippen LogP contribution in [-0.4, -0.2) is 4.57 Å². The van der Waals surface area contributed by atoms with E-state index in [0.29, 0.717) is 0 Å². The van der Waals surface area contributed by atoms with Gasteiger partial charge in [-0.2, -0.15) is 0 Å². The van der Waals surface area contributed by atoms with E-state index in [2.05, 4.69) is 85.7 Å². The van der Waals surface area contributed by atoms with E-state index in [0.717, 1.165) is 5.57 Å². The van der Waals surface area contributed by atoms with Gasteiger partial charge in [0.2, 0.25) is 0 Å². The first kappa shape index (κ1) is 14.4. The van der Waals surface area contributed by atoms with Crippen molar-refractivity contribution < 1.29 is 0 Å². The molecule has 0 fully saturated rings. The van der Waals surface area contributed by atoms with Crippen molar-refractivity contribution in [2.24, 2.45) is 0 Å². The van der Waals surface area contributed by atoms with Gasteiger partial charge < -0.3 is 4.57 Å². The molecule has 0 spiro atoms. The summed E-state index contributed by atoms with van der Waals surface area (Å²) in [5.74, 6) is 0. The number of aryl methyl sites for hydroxylation is 2. The van der Waals surface area contributed by atoms with Crippen molar-refractivity contribution in [3.63, 3.8) is 0 Å². The summed E-state index contributed by atoms with van der Waals surface area (Å²) in [5.41, 5.74) is 7.30. The summed E-state index contributed by atoms with van der Waals surface area (Å²) < 4.78 is 2.32. The predicted molar refractivity (Wildman–Crippen MR) is 96.6 cm³/mol. The second-order valence-electron chi connectivity index (χ2n) is 5.88. The van der Waals surface area contributed by atoms with Crippen LogP contribution < -0.4 is 0 Å². The molecular weight excluding hydrogens is 266 g/mol. The zero-order valence-electron chi connectivity index (χ0n) is 13.4. The van der Waals surface area contributed by atoms with Crippen LogP contribution >= 0.6 is 0 Å². The lowest BCUT2D eigenvalue weighted by Crippen LogP contribution is -1.96. The molecule has 1 heterocycles. The second-order valence-corrected chi connectivity index (χ2v) is 5.88. The van der Waals surface area contributed by atoms with Crippen molar-refractivity contribution in [1.82, 2.24) is 4.57 Å². The number of hydrogen-bond donors (Lipinski definition) is 0. The summed E-state index contributed by atoms with van der Waals surface area (Å²) in [7, 11) is 0. The van der Waals surface area contributed by atoms with Gasteiger partial charge in [0.1, 0.15) is 0 Å². The zero-order valence-corrected chi connectivity index (χ0v) is 13.4. The Kier molecular flexibility index (Phi) is 3.72. The first-order valence-electron chi connectivity index (χ1n) is 7.58. The van der Waals surface area contributed by atoms with Crippen LogP contribution in [-0.2, 0) is 0 Å². The molecule has 0 atom stereocenters. The van der Waals surface area contributed by atoms with Crippen molar-refractivity contribution in [2.75, 3.05) is 0 Å². The fourth-order valence-corrected chi connectivity index (χ4v) is 2.86. The van der Waals surface area contributed by atoms with Gasteiger partial charge in [0.25, 0.3) is 0 Å². The maximum atomic E-state index is 3.97. The molecule has 0 N–H and O–H groups in total. The summed E-state index contributed by atoms with van der Waals surface area (Å²) in [5, 5.41) is 1.31. The Morgan fingerprint density at radius 2 is 1.77 bits per heavy atom. The molecule has 3 rings (SSSR count). The third kappa shape index (κ3) is 2.50. The van der Waals surface area contributed by atoms with Gasteiger partial charge in [-0.1, -0.05) is 48.1 Å². The predicted octanol–water partition coefficient (Wildman–Crippen LogP) is 5.84. The van der Waals surface area contributed by atoms with Crippen molar-refractivity contribution in [3.05, 3.63) is 83.6 Å². The average Bonchev–Trinajstić information content (AvgIpc) is 2.78. The normalized spacial score (nSPS) is 11.4. The van der Waals surface area contributed by atoms with Crippen LogP contribution in [0.5, 0.6) is 0 Å². The van der Waals surface area contributed by atoms with Gasteiger partial charge in [-0.3, -0.25) is 0 Å². The molecule has 0 aliphatic rings. The Morgan fingerprint density at radius 3 is 2.45 bits per heavy atom. The minimum atomic E-state index is 1.06. The maximum Gasteiger partial charge on any atom is 0.0537 e. The molecule has 2 aromatic carbocycles. The third-order valence-electron chi connectivity index (χ3n) is 3.96. The quantitative estimate of drug-likeness (QED) is 0.533. The highest BCUT2D eigenvalue weighted by Crippen LogP contribution is 2.30. The van der Waals surface area contributed by atoms with Crippen LogP contribution in [0.2, 0.25) is 0 Å². The lowest BCUT2D eigenvalue weighted by Gasteiger charge is -2.09. The maximum absolute atomic E-state index is 3.97. The van der Waals surface area contributed by atoms with Crippen molar-refractivity contribution in [3.8, 4) is 5.69 Å². The van der Waals surface area contributed by atoms with E-state index >= 15 is 0 Å². The van der Waals surface area contributed by atoms with Crippen LogP contribution in [0.3, 0.4) is 0 Å². The van der Waals surface area contributed by atoms with Crippen LogP contribution in [0.1, 0.15) is 23.7 Å². The highest BCUT2D eigenvalue weighted by molar-refractivity contribution is 5.90. The lowest BCUT2D eigenvalue weighted by atomic mass is 10.1. The number of rotatable bonds is 3. The molecule has 3 aromatic rings. The first-order valence-corrected chi connectivity index (χ1v) is 7.58. The smallest absolute Gasteiger partial charge is 0.0537 e. The molecule has 0 bridgehead atoms. The van der Waals surface area contributed by atoms with Crippen LogP contribution in [0.15, 0.2) is 66.8 Å². The number of aromatic nitrogens is 1. The fourth-order valence-electron chi connectivity index (χ4n) is 2.86.